The number of nitrogen functional groups attached to an aromatic ring is 1. The van der Waals surface area contributed by atoms with Crippen LogP contribution < -0.4 is 16.4 Å². The molecule has 0 aliphatic heterocycles. The van der Waals surface area contributed by atoms with Crippen LogP contribution in [0.2, 0.25) is 0 Å². The van der Waals surface area contributed by atoms with Gasteiger partial charge in [0.15, 0.2) is 17.5 Å². The Kier molecular flexibility index (Phi) is 4.26. The molecule has 4 rings (SSSR count). The molecule has 0 atom stereocenters. The molecule has 0 saturated carbocycles. The first-order chi connectivity index (χ1) is 12.8. The molecule has 0 radical (unpaired) electrons. The van der Waals surface area contributed by atoms with Crippen LogP contribution >= 0.6 is 0 Å². The number of hydrogen-bond acceptors (Lipinski definition) is 7. The van der Waals surface area contributed by atoms with Gasteiger partial charge >= 0.3 is 0 Å². The van der Waals surface area contributed by atoms with Gasteiger partial charge in [-0.1, -0.05) is 12.1 Å². The second kappa shape index (κ2) is 7.02. The lowest BCUT2D eigenvalue weighted by Gasteiger charge is -2.11. The Balaban J connectivity index is 1.50. The van der Waals surface area contributed by atoms with E-state index >= 15 is 0 Å². The summed E-state index contributed by atoms with van der Waals surface area (Å²) >= 11 is 0. The molecule has 1 aromatic carbocycles. The summed E-state index contributed by atoms with van der Waals surface area (Å²) in [5.41, 5.74) is 8.92. The number of rotatable bonds is 5. The van der Waals surface area contributed by atoms with Crippen molar-refractivity contribution in [1.29, 1.82) is 0 Å². The zero-order valence-electron chi connectivity index (χ0n) is 13.9. The number of hydrogen-bond donors (Lipinski definition) is 3. The molecule has 3 heterocycles. The van der Waals surface area contributed by atoms with E-state index in [1.54, 1.807) is 24.8 Å². The highest BCUT2D eigenvalue weighted by atomic mass is 15.1. The van der Waals surface area contributed by atoms with E-state index in [1.807, 2.05) is 36.4 Å². The van der Waals surface area contributed by atoms with Gasteiger partial charge in [-0.3, -0.25) is 9.97 Å². The molecule has 0 bridgehead atoms. The quantitative estimate of drug-likeness (QED) is 0.510. The van der Waals surface area contributed by atoms with Crippen molar-refractivity contribution in [3.05, 3.63) is 72.8 Å². The maximum absolute atomic E-state index is 5.95. The second-order valence-electron chi connectivity index (χ2n) is 5.73. The Hall–Kier alpha value is -3.74. The smallest absolute Gasteiger partial charge is 0.171 e. The number of anilines is 4. The van der Waals surface area contributed by atoms with E-state index in [-0.39, 0.29) is 0 Å². The van der Waals surface area contributed by atoms with Gasteiger partial charge < -0.3 is 16.4 Å². The van der Waals surface area contributed by atoms with E-state index in [4.69, 9.17) is 5.73 Å². The number of fused-ring (bicyclic) bond motifs is 1. The fourth-order valence-corrected chi connectivity index (χ4v) is 2.59. The van der Waals surface area contributed by atoms with Crippen LogP contribution in [-0.4, -0.2) is 19.9 Å². The van der Waals surface area contributed by atoms with Crippen molar-refractivity contribution in [3.63, 3.8) is 0 Å². The molecule has 0 aliphatic carbocycles. The molecule has 4 N–H and O–H groups in total. The van der Waals surface area contributed by atoms with E-state index in [0.717, 1.165) is 22.2 Å². The van der Waals surface area contributed by atoms with Crippen LogP contribution in [0.3, 0.4) is 0 Å². The molecular weight excluding hydrogens is 326 g/mol. The highest BCUT2D eigenvalue weighted by Crippen LogP contribution is 2.20. The summed E-state index contributed by atoms with van der Waals surface area (Å²) in [4.78, 5) is 17.0. The minimum atomic E-state index is 0.354. The molecule has 0 saturated heterocycles. The first-order valence-corrected chi connectivity index (χ1v) is 8.15. The number of benzene rings is 1. The Morgan fingerprint density at radius 1 is 0.962 bits per heavy atom. The van der Waals surface area contributed by atoms with Crippen LogP contribution in [0, 0.1) is 0 Å². The zero-order chi connectivity index (χ0) is 17.8. The predicted octanol–water partition coefficient (Wildman–Crippen LogP) is 3.36. The molecule has 0 aliphatic rings. The lowest BCUT2D eigenvalue weighted by atomic mass is 10.1. The van der Waals surface area contributed by atoms with E-state index < -0.39 is 0 Å². The minimum Gasteiger partial charge on any atom is -0.381 e. The lowest BCUT2D eigenvalue weighted by Crippen LogP contribution is -2.07. The predicted molar refractivity (Wildman–Crippen MR) is 103 cm³/mol. The molecule has 0 fully saturated rings. The van der Waals surface area contributed by atoms with Gasteiger partial charge in [0.1, 0.15) is 0 Å². The molecule has 7 heteroatoms. The molecule has 3 aromatic heterocycles. The first-order valence-electron chi connectivity index (χ1n) is 8.15. The van der Waals surface area contributed by atoms with Crippen molar-refractivity contribution < 1.29 is 0 Å². The van der Waals surface area contributed by atoms with Crippen molar-refractivity contribution in [2.24, 2.45) is 0 Å². The van der Waals surface area contributed by atoms with Crippen LogP contribution in [-0.2, 0) is 6.54 Å². The standard InChI is InChI=1S/C19H17N7/c20-18-19(26-17(12-23-18)25-15-5-8-21-9-6-15)24-11-13-3-4-16-14(10-13)2-1-7-22-16/h1-10,12H,11H2,(H2,20,23)(H2,21,24,25,26). The SMILES string of the molecule is Nc1ncc(Nc2ccncc2)nc1NCc1ccc2ncccc2c1. The summed E-state index contributed by atoms with van der Waals surface area (Å²) in [5.74, 6) is 1.50. The molecule has 0 unspecified atom stereocenters. The average Bonchev–Trinajstić information content (AvgIpc) is 2.69. The van der Waals surface area contributed by atoms with Gasteiger partial charge in [-0.05, 0) is 35.9 Å². The second-order valence-corrected chi connectivity index (χ2v) is 5.73. The number of nitrogens with zero attached hydrogens (tertiary/aromatic N) is 4. The van der Waals surface area contributed by atoms with Crippen LogP contribution in [0.25, 0.3) is 10.9 Å². The lowest BCUT2D eigenvalue weighted by molar-refractivity contribution is 1.09. The fourth-order valence-electron chi connectivity index (χ4n) is 2.59. The van der Waals surface area contributed by atoms with Gasteiger partial charge in [-0.2, -0.15) is 0 Å². The fraction of sp³-hybridized carbons (Fsp3) is 0.0526. The first kappa shape index (κ1) is 15.8. The third-order valence-electron chi connectivity index (χ3n) is 3.88. The van der Waals surface area contributed by atoms with Crippen molar-refractivity contribution in [2.75, 3.05) is 16.4 Å². The Labute approximate surface area is 150 Å². The van der Waals surface area contributed by atoms with Gasteiger partial charge in [0.25, 0.3) is 0 Å². The maximum Gasteiger partial charge on any atom is 0.171 e. The van der Waals surface area contributed by atoms with Crippen LogP contribution in [0.4, 0.5) is 23.1 Å². The summed E-state index contributed by atoms with van der Waals surface area (Å²) in [5, 5.41) is 7.52. The molecule has 0 amide bonds. The summed E-state index contributed by atoms with van der Waals surface area (Å²) in [6.07, 6.45) is 6.81. The van der Waals surface area contributed by atoms with Crippen LogP contribution in [0.5, 0.6) is 0 Å². The van der Waals surface area contributed by atoms with Crippen molar-refractivity contribution in [3.8, 4) is 0 Å². The largest absolute Gasteiger partial charge is 0.381 e. The molecule has 7 nitrogen and oxygen atoms in total. The van der Waals surface area contributed by atoms with Gasteiger partial charge in [0.05, 0.1) is 11.7 Å². The summed E-state index contributed by atoms with van der Waals surface area (Å²) in [6, 6.07) is 13.8. The summed E-state index contributed by atoms with van der Waals surface area (Å²) in [7, 11) is 0. The Morgan fingerprint density at radius 2 is 1.85 bits per heavy atom. The topological polar surface area (TPSA) is 102 Å². The minimum absolute atomic E-state index is 0.354. The molecular formula is C19H17N7. The highest BCUT2D eigenvalue weighted by Gasteiger charge is 2.06. The molecule has 4 aromatic rings. The number of aromatic nitrogens is 4. The maximum atomic E-state index is 5.95. The summed E-state index contributed by atoms with van der Waals surface area (Å²) < 4.78 is 0. The monoisotopic (exact) mass is 343 g/mol. The number of pyridine rings is 2. The van der Waals surface area contributed by atoms with E-state index in [9.17, 15) is 0 Å². The van der Waals surface area contributed by atoms with Crippen LogP contribution in [0.15, 0.2) is 67.3 Å². The average molecular weight is 343 g/mol. The molecule has 0 spiro atoms. The van der Waals surface area contributed by atoms with Crippen molar-refractivity contribution in [2.45, 2.75) is 6.54 Å². The third kappa shape index (κ3) is 3.51. The number of nitrogens with one attached hydrogen (secondary N) is 2. The highest BCUT2D eigenvalue weighted by molar-refractivity contribution is 5.79. The normalized spacial score (nSPS) is 10.6. The Bertz CT molecular complexity index is 1030. The van der Waals surface area contributed by atoms with Gasteiger partial charge in [-0.15, -0.1) is 0 Å². The zero-order valence-corrected chi connectivity index (χ0v) is 13.9. The summed E-state index contributed by atoms with van der Waals surface area (Å²) in [6.45, 7) is 0.586. The van der Waals surface area contributed by atoms with Gasteiger partial charge in [-0.25, -0.2) is 9.97 Å². The Morgan fingerprint density at radius 3 is 2.73 bits per heavy atom. The van der Waals surface area contributed by atoms with Gasteiger partial charge in [0, 0.05) is 36.2 Å². The number of nitrogens with two attached hydrogens (primary N) is 1. The van der Waals surface area contributed by atoms with Gasteiger partial charge in [0.2, 0.25) is 0 Å². The molecule has 26 heavy (non-hydrogen) atoms. The van der Waals surface area contributed by atoms with Crippen LogP contribution in [0.1, 0.15) is 5.56 Å². The van der Waals surface area contributed by atoms with Crippen molar-refractivity contribution in [1.82, 2.24) is 19.9 Å². The van der Waals surface area contributed by atoms with E-state index in [0.29, 0.717) is 24.0 Å². The van der Waals surface area contributed by atoms with E-state index in [2.05, 4.69) is 36.6 Å². The van der Waals surface area contributed by atoms with Crippen molar-refractivity contribution >= 4 is 34.0 Å². The molecule has 128 valence electrons. The third-order valence-corrected chi connectivity index (χ3v) is 3.88. The van der Waals surface area contributed by atoms with E-state index in [1.165, 1.54) is 0 Å².